The van der Waals surface area contributed by atoms with Crippen LogP contribution in [-0.4, -0.2) is 21.7 Å². The lowest BCUT2D eigenvalue weighted by molar-refractivity contribution is -0.138. The molecular formula is C20H26F3N3O2. The van der Waals surface area contributed by atoms with Gasteiger partial charge in [-0.3, -0.25) is 9.88 Å². The zero-order valence-electron chi connectivity index (χ0n) is 17.0. The zero-order valence-corrected chi connectivity index (χ0v) is 17.0. The average Bonchev–Trinajstić information content (AvgIpc) is 2.60. The Labute approximate surface area is 163 Å². The van der Waals surface area contributed by atoms with E-state index in [-0.39, 0.29) is 17.9 Å². The number of pyridine rings is 2. The van der Waals surface area contributed by atoms with Crippen LogP contribution < -0.4 is 4.90 Å². The van der Waals surface area contributed by atoms with E-state index in [0.29, 0.717) is 0 Å². The molecule has 2 rings (SSSR count). The first-order valence-corrected chi connectivity index (χ1v) is 8.90. The number of anilines is 1. The molecule has 0 aromatic carbocycles. The predicted octanol–water partition coefficient (Wildman–Crippen LogP) is 5.77. The summed E-state index contributed by atoms with van der Waals surface area (Å²) in [5.41, 5.74) is -0.946. The number of hydrogen-bond donors (Lipinski definition) is 0. The Morgan fingerprint density at radius 1 is 1.11 bits per heavy atom. The van der Waals surface area contributed by atoms with Crippen LogP contribution in [0.25, 0.3) is 0 Å². The minimum absolute atomic E-state index is 0.145. The number of aromatic nitrogens is 2. The summed E-state index contributed by atoms with van der Waals surface area (Å²) in [7, 11) is 0. The summed E-state index contributed by atoms with van der Waals surface area (Å²) in [6.45, 7) is 10.5. The lowest BCUT2D eigenvalue weighted by Crippen LogP contribution is -2.37. The fourth-order valence-corrected chi connectivity index (χ4v) is 2.18. The smallest absolute Gasteiger partial charge is 0.416 e. The van der Waals surface area contributed by atoms with Crippen molar-refractivity contribution in [2.45, 2.75) is 59.9 Å². The number of nitrogens with zero attached hydrogens (tertiary/aromatic N) is 3. The molecule has 0 N–H and O–H groups in total. The lowest BCUT2D eigenvalue weighted by Gasteiger charge is -2.27. The summed E-state index contributed by atoms with van der Waals surface area (Å²) in [5, 5.41) is 0. The number of carbonyl (C=O) groups is 1. The van der Waals surface area contributed by atoms with E-state index < -0.39 is 23.4 Å². The van der Waals surface area contributed by atoms with Crippen LogP contribution in [0.2, 0.25) is 0 Å². The molecule has 0 saturated heterocycles. The van der Waals surface area contributed by atoms with Crippen molar-refractivity contribution in [1.82, 2.24) is 9.97 Å². The quantitative estimate of drug-likeness (QED) is 0.660. The molecule has 0 aliphatic carbocycles. The molecule has 0 radical (unpaired) electrons. The van der Waals surface area contributed by atoms with Crippen molar-refractivity contribution in [2.24, 2.45) is 0 Å². The van der Waals surface area contributed by atoms with Crippen LogP contribution in [0.3, 0.4) is 0 Å². The first-order chi connectivity index (χ1) is 13.0. The van der Waals surface area contributed by atoms with E-state index >= 15 is 0 Å². The minimum atomic E-state index is -4.56. The molecule has 1 amide bonds. The Hall–Kier alpha value is -2.64. The predicted molar refractivity (Wildman–Crippen MR) is 102 cm³/mol. The summed E-state index contributed by atoms with van der Waals surface area (Å²) in [6, 6.07) is 4.15. The second kappa shape index (κ2) is 9.52. The van der Waals surface area contributed by atoms with Crippen LogP contribution in [0, 0.1) is 6.92 Å². The van der Waals surface area contributed by atoms with E-state index in [2.05, 4.69) is 9.97 Å². The molecule has 0 spiro atoms. The third kappa shape index (κ3) is 6.83. The van der Waals surface area contributed by atoms with Gasteiger partial charge in [0.1, 0.15) is 11.4 Å². The highest BCUT2D eigenvalue weighted by molar-refractivity contribution is 5.86. The van der Waals surface area contributed by atoms with Crippen molar-refractivity contribution in [3.05, 3.63) is 53.5 Å². The highest BCUT2D eigenvalue weighted by Crippen LogP contribution is 2.32. The Bertz CT molecular complexity index is 770. The van der Waals surface area contributed by atoms with E-state index in [4.69, 9.17) is 4.74 Å². The molecule has 0 saturated carbocycles. The van der Waals surface area contributed by atoms with Gasteiger partial charge in [-0.25, -0.2) is 9.78 Å². The molecular weight excluding hydrogens is 371 g/mol. The van der Waals surface area contributed by atoms with Crippen LogP contribution >= 0.6 is 0 Å². The molecule has 2 heterocycles. The van der Waals surface area contributed by atoms with Crippen molar-refractivity contribution < 1.29 is 22.7 Å². The fraction of sp³-hybridized carbons (Fsp3) is 0.450. The Balaban J connectivity index is 0.00000190. The average molecular weight is 397 g/mol. The molecule has 2 aromatic heterocycles. The van der Waals surface area contributed by atoms with Crippen LogP contribution in [0.1, 0.15) is 51.3 Å². The van der Waals surface area contributed by atoms with Crippen LogP contribution in [0.5, 0.6) is 0 Å². The zero-order chi connectivity index (χ0) is 21.5. The van der Waals surface area contributed by atoms with Crippen LogP contribution in [0.4, 0.5) is 23.8 Å². The number of ether oxygens (including phenoxy) is 1. The van der Waals surface area contributed by atoms with Gasteiger partial charge in [-0.1, -0.05) is 19.9 Å². The molecule has 0 atom stereocenters. The minimum Gasteiger partial charge on any atom is -0.443 e. The van der Waals surface area contributed by atoms with Gasteiger partial charge >= 0.3 is 12.3 Å². The van der Waals surface area contributed by atoms with Crippen molar-refractivity contribution in [1.29, 1.82) is 0 Å². The maximum Gasteiger partial charge on any atom is 0.416 e. The van der Waals surface area contributed by atoms with Crippen LogP contribution in [-0.2, 0) is 17.5 Å². The summed E-state index contributed by atoms with van der Waals surface area (Å²) in [5.74, 6) is 0.196. The summed E-state index contributed by atoms with van der Waals surface area (Å²) >= 11 is 0. The van der Waals surface area contributed by atoms with E-state index in [1.54, 1.807) is 32.9 Å². The van der Waals surface area contributed by atoms with E-state index in [1.807, 2.05) is 20.8 Å². The molecule has 28 heavy (non-hydrogen) atoms. The van der Waals surface area contributed by atoms with Gasteiger partial charge in [0, 0.05) is 24.2 Å². The molecule has 0 aliphatic heterocycles. The molecule has 0 fully saturated rings. The maximum absolute atomic E-state index is 13.2. The number of alkyl halides is 3. The number of amides is 1. The first-order valence-electron chi connectivity index (χ1n) is 8.90. The summed E-state index contributed by atoms with van der Waals surface area (Å²) < 4.78 is 45.1. The molecule has 8 heteroatoms. The number of carbonyl (C=O) groups excluding carboxylic acids is 1. The third-order valence-electron chi connectivity index (χ3n) is 3.32. The van der Waals surface area contributed by atoms with Crippen molar-refractivity contribution in [3.8, 4) is 0 Å². The topological polar surface area (TPSA) is 55.3 Å². The normalized spacial score (nSPS) is 11.3. The van der Waals surface area contributed by atoms with Gasteiger partial charge in [-0.05, 0) is 45.4 Å². The van der Waals surface area contributed by atoms with Gasteiger partial charge in [0.05, 0.1) is 12.1 Å². The third-order valence-corrected chi connectivity index (χ3v) is 3.32. The van der Waals surface area contributed by atoms with E-state index in [1.165, 1.54) is 6.20 Å². The van der Waals surface area contributed by atoms with Gasteiger partial charge < -0.3 is 4.74 Å². The second-order valence-corrected chi connectivity index (χ2v) is 6.79. The van der Waals surface area contributed by atoms with Gasteiger partial charge in [0.25, 0.3) is 0 Å². The fourth-order valence-electron chi connectivity index (χ4n) is 2.18. The molecule has 2 aromatic rings. The Morgan fingerprint density at radius 2 is 1.75 bits per heavy atom. The highest BCUT2D eigenvalue weighted by atomic mass is 19.4. The van der Waals surface area contributed by atoms with Gasteiger partial charge in [-0.15, -0.1) is 0 Å². The maximum atomic E-state index is 13.2. The van der Waals surface area contributed by atoms with E-state index in [0.717, 1.165) is 28.9 Å². The Morgan fingerprint density at radius 3 is 2.25 bits per heavy atom. The van der Waals surface area contributed by atoms with Gasteiger partial charge in [0.15, 0.2) is 0 Å². The van der Waals surface area contributed by atoms with Crippen molar-refractivity contribution >= 4 is 11.9 Å². The molecule has 0 unspecified atom stereocenters. The monoisotopic (exact) mass is 397 g/mol. The number of aryl methyl sites for hydroxylation is 1. The molecule has 5 nitrogen and oxygen atoms in total. The largest absolute Gasteiger partial charge is 0.443 e. The number of hydrogen-bond acceptors (Lipinski definition) is 4. The number of rotatable bonds is 3. The SMILES string of the molecule is CC.Cc1ccc(N(Cc2cnccc2C(F)(F)F)C(=O)OC(C)(C)C)nc1. The summed E-state index contributed by atoms with van der Waals surface area (Å²) in [6.07, 6.45) is -1.66. The standard InChI is InChI=1S/C18H20F3N3O2.C2H6/c1-12-5-6-15(23-9-12)24(16(25)26-17(2,3)4)11-13-10-22-8-7-14(13)18(19,20)21;1-2/h5-10H,11H2,1-4H3;1-2H3. The Kier molecular flexibility index (Phi) is 7.96. The molecule has 0 aliphatic rings. The highest BCUT2D eigenvalue weighted by Gasteiger charge is 2.35. The van der Waals surface area contributed by atoms with Gasteiger partial charge in [0.2, 0.25) is 0 Å². The summed E-state index contributed by atoms with van der Waals surface area (Å²) in [4.78, 5) is 21.5. The van der Waals surface area contributed by atoms with Gasteiger partial charge in [-0.2, -0.15) is 13.2 Å². The molecule has 0 bridgehead atoms. The number of halogens is 3. The first kappa shape index (κ1) is 23.4. The van der Waals surface area contributed by atoms with Crippen molar-refractivity contribution in [3.63, 3.8) is 0 Å². The second-order valence-electron chi connectivity index (χ2n) is 6.79. The van der Waals surface area contributed by atoms with Crippen LogP contribution in [0.15, 0.2) is 36.8 Å². The van der Waals surface area contributed by atoms with E-state index in [9.17, 15) is 18.0 Å². The van der Waals surface area contributed by atoms with Crippen molar-refractivity contribution in [2.75, 3.05) is 4.90 Å². The molecule has 154 valence electrons. The lowest BCUT2D eigenvalue weighted by atomic mass is 10.1.